The van der Waals surface area contributed by atoms with Gasteiger partial charge in [0.15, 0.2) is 6.10 Å². The zero-order valence-electron chi connectivity index (χ0n) is 7.49. The van der Waals surface area contributed by atoms with E-state index in [0.29, 0.717) is 13.2 Å². The molecule has 76 valence electrons. The second kappa shape index (κ2) is 5.13. The van der Waals surface area contributed by atoms with Gasteiger partial charge in [-0.05, 0) is 0 Å². The highest BCUT2D eigenvalue weighted by Crippen LogP contribution is 2.08. The summed E-state index contributed by atoms with van der Waals surface area (Å²) >= 11 is 0. The summed E-state index contributed by atoms with van der Waals surface area (Å²) in [4.78, 5) is 11.1. The van der Waals surface area contributed by atoms with Crippen LogP contribution in [0.4, 0.5) is 0 Å². The largest absolute Gasteiger partial charge is 0.381 e. The van der Waals surface area contributed by atoms with E-state index in [4.69, 9.17) is 20.1 Å². The van der Waals surface area contributed by atoms with Crippen molar-refractivity contribution >= 4 is 5.91 Å². The number of carbonyl (C=O) groups is 1. The summed E-state index contributed by atoms with van der Waals surface area (Å²) in [6.07, 6.45) is -0.665. The van der Waals surface area contributed by atoms with Crippen molar-refractivity contribution in [2.75, 3.05) is 26.9 Å². The number of carbonyl (C=O) groups excluding carboxylic acids is 1. The van der Waals surface area contributed by atoms with Gasteiger partial charge in [0.2, 0.25) is 0 Å². The van der Waals surface area contributed by atoms with E-state index >= 15 is 0 Å². The molecule has 0 aromatic heterocycles. The van der Waals surface area contributed by atoms with Crippen LogP contribution in [0.25, 0.3) is 0 Å². The SMILES string of the molecule is COCC(OC1COC1)C(=O)NN. The first-order chi connectivity index (χ1) is 6.27. The Kier molecular flexibility index (Phi) is 4.10. The van der Waals surface area contributed by atoms with Crippen molar-refractivity contribution in [2.45, 2.75) is 12.2 Å². The third kappa shape index (κ3) is 2.92. The van der Waals surface area contributed by atoms with E-state index in [0.717, 1.165) is 0 Å². The number of hydrogen-bond donors (Lipinski definition) is 2. The molecule has 13 heavy (non-hydrogen) atoms. The number of hydrazine groups is 1. The molecule has 1 fully saturated rings. The van der Waals surface area contributed by atoms with Crippen LogP contribution < -0.4 is 11.3 Å². The maximum Gasteiger partial charge on any atom is 0.265 e. The van der Waals surface area contributed by atoms with Gasteiger partial charge in [0.25, 0.3) is 5.91 Å². The molecule has 1 unspecified atom stereocenters. The van der Waals surface area contributed by atoms with Crippen molar-refractivity contribution in [3.8, 4) is 0 Å². The lowest BCUT2D eigenvalue weighted by Gasteiger charge is -2.29. The minimum Gasteiger partial charge on any atom is -0.381 e. The van der Waals surface area contributed by atoms with E-state index in [2.05, 4.69) is 0 Å². The van der Waals surface area contributed by atoms with Crippen molar-refractivity contribution < 1.29 is 19.0 Å². The molecule has 1 rings (SSSR count). The fourth-order valence-electron chi connectivity index (χ4n) is 0.946. The van der Waals surface area contributed by atoms with E-state index in [9.17, 15) is 4.79 Å². The van der Waals surface area contributed by atoms with Crippen molar-refractivity contribution in [3.63, 3.8) is 0 Å². The fourth-order valence-corrected chi connectivity index (χ4v) is 0.946. The molecule has 0 spiro atoms. The van der Waals surface area contributed by atoms with Gasteiger partial charge in [0.05, 0.1) is 19.8 Å². The number of methoxy groups -OCH3 is 1. The molecule has 0 aromatic rings. The monoisotopic (exact) mass is 190 g/mol. The number of nitrogens with two attached hydrogens (primary N) is 1. The molecule has 1 atom stereocenters. The third-order valence-electron chi connectivity index (χ3n) is 1.72. The predicted octanol–water partition coefficient (Wildman–Crippen LogP) is -1.59. The van der Waals surface area contributed by atoms with Crippen molar-refractivity contribution in [3.05, 3.63) is 0 Å². The summed E-state index contributed by atoms with van der Waals surface area (Å²) in [5.41, 5.74) is 2.02. The summed E-state index contributed by atoms with van der Waals surface area (Å²) in [5.74, 6) is 4.59. The average Bonchev–Trinajstić information content (AvgIpc) is 2.07. The number of amides is 1. The Morgan fingerprint density at radius 2 is 2.46 bits per heavy atom. The molecule has 6 nitrogen and oxygen atoms in total. The van der Waals surface area contributed by atoms with Crippen LogP contribution in [0.3, 0.4) is 0 Å². The Bertz CT molecular complexity index is 172. The molecule has 0 bridgehead atoms. The highest BCUT2D eigenvalue weighted by atomic mass is 16.6. The van der Waals surface area contributed by atoms with E-state index in [1.165, 1.54) is 7.11 Å². The van der Waals surface area contributed by atoms with Gasteiger partial charge in [-0.15, -0.1) is 0 Å². The average molecular weight is 190 g/mol. The lowest BCUT2D eigenvalue weighted by atomic mass is 10.3. The van der Waals surface area contributed by atoms with Gasteiger partial charge >= 0.3 is 0 Å². The van der Waals surface area contributed by atoms with Gasteiger partial charge in [-0.2, -0.15) is 0 Å². The van der Waals surface area contributed by atoms with Crippen LogP contribution in [0, 0.1) is 0 Å². The van der Waals surface area contributed by atoms with Crippen LogP contribution in [0.1, 0.15) is 0 Å². The van der Waals surface area contributed by atoms with Gasteiger partial charge in [0.1, 0.15) is 6.10 Å². The van der Waals surface area contributed by atoms with Gasteiger partial charge < -0.3 is 14.2 Å². The topological polar surface area (TPSA) is 82.8 Å². The van der Waals surface area contributed by atoms with Crippen molar-refractivity contribution in [1.29, 1.82) is 0 Å². The molecular weight excluding hydrogens is 176 g/mol. The second-order valence-electron chi connectivity index (χ2n) is 2.75. The molecule has 6 heteroatoms. The number of ether oxygens (including phenoxy) is 3. The number of nitrogens with one attached hydrogen (secondary N) is 1. The summed E-state index contributed by atoms with van der Waals surface area (Å²) in [7, 11) is 1.50. The summed E-state index contributed by atoms with van der Waals surface area (Å²) < 4.78 is 15.1. The molecule has 0 aliphatic carbocycles. The lowest BCUT2D eigenvalue weighted by Crippen LogP contribution is -2.48. The molecule has 1 saturated heterocycles. The third-order valence-corrected chi connectivity index (χ3v) is 1.72. The second-order valence-corrected chi connectivity index (χ2v) is 2.75. The molecule has 0 aromatic carbocycles. The zero-order chi connectivity index (χ0) is 9.68. The Morgan fingerprint density at radius 1 is 1.77 bits per heavy atom. The molecule has 3 N–H and O–H groups in total. The molecule has 0 radical (unpaired) electrons. The normalized spacial score (nSPS) is 19.2. The molecule has 1 aliphatic rings. The van der Waals surface area contributed by atoms with E-state index < -0.39 is 6.10 Å². The van der Waals surface area contributed by atoms with Crippen molar-refractivity contribution in [1.82, 2.24) is 5.43 Å². The first-order valence-corrected chi connectivity index (χ1v) is 4.00. The van der Waals surface area contributed by atoms with Crippen LogP contribution >= 0.6 is 0 Å². The standard InChI is InChI=1S/C7H14N2O4/c1-11-4-6(7(10)9-8)13-5-2-12-3-5/h5-6H,2-4,8H2,1H3,(H,9,10). The predicted molar refractivity (Wildman–Crippen MR) is 43.7 cm³/mol. The molecule has 1 aliphatic heterocycles. The Morgan fingerprint density at radius 3 is 2.85 bits per heavy atom. The first kappa shape index (κ1) is 10.4. The van der Waals surface area contributed by atoms with Crippen molar-refractivity contribution in [2.24, 2.45) is 5.84 Å². The Labute approximate surface area is 76.3 Å². The van der Waals surface area contributed by atoms with Gasteiger partial charge in [0, 0.05) is 7.11 Å². The smallest absolute Gasteiger partial charge is 0.265 e. The van der Waals surface area contributed by atoms with Crippen LogP contribution in [0.5, 0.6) is 0 Å². The fraction of sp³-hybridized carbons (Fsp3) is 0.857. The van der Waals surface area contributed by atoms with Crippen LogP contribution in [-0.2, 0) is 19.0 Å². The Hall–Kier alpha value is -0.690. The van der Waals surface area contributed by atoms with Crippen LogP contribution in [-0.4, -0.2) is 45.0 Å². The molecule has 1 heterocycles. The number of hydrogen-bond acceptors (Lipinski definition) is 5. The minimum atomic E-state index is -0.649. The zero-order valence-corrected chi connectivity index (χ0v) is 7.49. The highest BCUT2D eigenvalue weighted by molar-refractivity contribution is 5.80. The summed E-state index contributed by atoms with van der Waals surface area (Å²) in [6, 6.07) is 0. The van der Waals surface area contributed by atoms with Crippen LogP contribution in [0.15, 0.2) is 0 Å². The first-order valence-electron chi connectivity index (χ1n) is 4.00. The minimum absolute atomic E-state index is 0.0163. The molecular formula is C7H14N2O4. The van der Waals surface area contributed by atoms with Gasteiger partial charge in [-0.1, -0.05) is 0 Å². The number of rotatable bonds is 5. The maximum atomic E-state index is 11.1. The van der Waals surface area contributed by atoms with Gasteiger partial charge in [-0.3, -0.25) is 10.2 Å². The molecule has 1 amide bonds. The Balaban J connectivity index is 2.31. The summed E-state index contributed by atoms with van der Waals surface area (Å²) in [6.45, 7) is 1.25. The van der Waals surface area contributed by atoms with Gasteiger partial charge in [-0.25, -0.2) is 5.84 Å². The quantitative estimate of drug-likeness (QED) is 0.310. The van der Waals surface area contributed by atoms with E-state index in [-0.39, 0.29) is 18.6 Å². The van der Waals surface area contributed by atoms with E-state index in [1.54, 1.807) is 0 Å². The van der Waals surface area contributed by atoms with Crippen LogP contribution in [0.2, 0.25) is 0 Å². The highest BCUT2D eigenvalue weighted by Gasteiger charge is 2.27. The maximum absolute atomic E-state index is 11.1. The lowest BCUT2D eigenvalue weighted by molar-refractivity contribution is -0.174. The van der Waals surface area contributed by atoms with E-state index in [1.807, 2.05) is 5.43 Å². The summed E-state index contributed by atoms with van der Waals surface area (Å²) in [5, 5.41) is 0. The molecule has 0 saturated carbocycles.